The molecule has 3 aliphatic heterocycles. The number of β-lactam (4-membered cyclic amide) rings is 1. The van der Waals surface area contributed by atoms with E-state index in [0.717, 1.165) is 33.4 Å². The molecule has 9 nitrogen and oxygen atoms in total. The van der Waals surface area contributed by atoms with E-state index in [1.165, 1.54) is 0 Å². The molecule has 0 bridgehead atoms. The molecule has 3 aliphatic rings. The van der Waals surface area contributed by atoms with E-state index in [4.69, 9.17) is 21.1 Å². The first-order valence-electron chi connectivity index (χ1n) is 18.2. The number of ether oxygens (including phenoxy) is 2. The third kappa shape index (κ3) is 6.67. The quantitative estimate of drug-likeness (QED) is 0.136. The molecule has 4 aromatic rings. The van der Waals surface area contributed by atoms with E-state index >= 15 is 4.79 Å². The molecule has 7 rings (SSSR count). The maximum absolute atomic E-state index is 15.2. The summed E-state index contributed by atoms with van der Waals surface area (Å²) in [6.07, 6.45) is -0.0217. The number of hydrogen-bond acceptors (Lipinski definition) is 6. The Hall–Kier alpha value is -4.48. The Bertz CT molecular complexity index is 2010. The molecular weight excluding hydrogens is 706 g/mol. The molecule has 4 atom stereocenters. The van der Waals surface area contributed by atoms with Crippen LogP contribution in [0.2, 0.25) is 23.7 Å². The molecule has 1 spiro atoms. The number of carbonyl (C=O) groups excluding carboxylic acids is 3. The number of rotatable bonds is 12. The predicted molar refractivity (Wildman–Crippen MR) is 209 cm³/mol. The van der Waals surface area contributed by atoms with Gasteiger partial charge in [-0.15, -0.1) is 0 Å². The molecule has 0 radical (unpaired) electrons. The zero-order valence-corrected chi connectivity index (χ0v) is 32.4. The fraction of sp³-hybridized carbons (Fsp3) is 0.357. The van der Waals surface area contributed by atoms with Crippen LogP contribution in [0, 0.1) is 5.92 Å². The molecule has 53 heavy (non-hydrogen) atoms. The number of halogens is 1. The Morgan fingerprint density at radius 1 is 1.00 bits per heavy atom. The summed E-state index contributed by atoms with van der Waals surface area (Å²) in [6.45, 7) is 7.96. The van der Waals surface area contributed by atoms with Gasteiger partial charge in [0.1, 0.15) is 5.75 Å². The first-order valence-corrected chi connectivity index (χ1v) is 21.7. The van der Waals surface area contributed by atoms with Crippen LogP contribution >= 0.6 is 11.6 Å². The summed E-state index contributed by atoms with van der Waals surface area (Å²) in [6, 6.07) is 31.1. The molecule has 4 aromatic carbocycles. The van der Waals surface area contributed by atoms with Crippen LogP contribution in [0.3, 0.4) is 0 Å². The van der Waals surface area contributed by atoms with Gasteiger partial charge in [0.05, 0.1) is 46.5 Å². The highest BCUT2D eigenvalue weighted by Gasteiger charge is 2.66. The number of amides is 3. The molecular formula is C42H46ClN3O6Si. The highest BCUT2D eigenvalue weighted by atomic mass is 35.5. The predicted octanol–water partition coefficient (Wildman–Crippen LogP) is 6.26. The molecule has 2 saturated heterocycles. The van der Waals surface area contributed by atoms with E-state index in [2.05, 4.69) is 32.2 Å². The van der Waals surface area contributed by atoms with Crippen molar-refractivity contribution in [2.45, 2.75) is 63.2 Å². The second kappa shape index (κ2) is 14.7. The fourth-order valence-electron chi connectivity index (χ4n) is 8.75. The number of aliphatic hydroxyl groups excluding tert-OH is 1. The lowest BCUT2D eigenvalue weighted by atomic mass is 9.82. The largest absolute Gasteiger partial charge is 0.497 e. The van der Waals surface area contributed by atoms with Crippen LogP contribution in [0.4, 0.5) is 11.4 Å². The van der Waals surface area contributed by atoms with Crippen molar-refractivity contribution in [1.29, 1.82) is 0 Å². The number of methoxy groups -OCH3 is 1. The average molecular weight is 752 g/mol. The van der Waals surface area contributed by atoms with Crippen molar-refractivity contribution >= 4 is 54.0 Å². The zero-order valence-electron chi connectivity index (χ0n) is 30.6. The van der Waals surface area contributed by atoms with Crippen molar-refractivity contribution in [3.05, 3.63) is 119 Å². The van der Waals surface area contributed by atoms with Crippen molar-refractivity contribution in [2.75, 3.05) is 36.6 Å². The molecule has 0 aliphatic carbocycles. The van der Waals surface area contributed by atoms with Crippen LogP contribution in [-0.4, -0.2) is 68.7 Å². The molecule has 2 fully saturated rings. The minimum absolute atomic E-state index is 0.0469. The van der Waals surface area contributed by atoms with E-state index in [1.807, 2.05) is 78.9 Å². The lowest BCUT2D eigenvalue weighted by Crippen LogP contribution is -2.52. The van der Waals surface area contributed by atoms with Gasteiger partial charge < -0.3 is 29.3 Å². The van der Waals surface area contributed by atoms with Gasteiger partial charge in [0, 0.05) is 48.2 Å². The van der Waals surface area contributed by atoms with Crippen molar-refractivity contribution in [3.8, 4) is 5.75 Å². The number of benzene rings is 4. The van der Waals surface area contributed by atoms with Gasteiger partial charge in [-0.1, -0.05) is 91.4 Å². The van der Waals surface area contributed by atoms with Crippen molar-refractivity contribution in [2.24, 2.45) is 5.92 Å². The highest BCUT2D eigenvalue weighted by Crippen LogP contribution is 2.60. The number of fused-ring (bicyclic) bond motifs is 2. The van der Waals surface area contributed by atoms with E-state index in [9.17, 15) is 14.7 Å². The summed E-state index contributed by atoms with van der Waals surface area (Å²) < 4.78 is 12.7. The van der Waals surface area contributed by atoms with Gasteiger partial charge in [0.15, 0.2) is 5.60 Å². The summed E-state index contributed by atoms with van der Waals surface area (Å²) in [7, 11) is -0.880. The topological polar surface area (TPSA) is 99.6 Å². The third-order valence-electron chi connectivity index (χ3n) is 11.5. The van der Waals surface area contributed by atoms with E-state index < -0.39 is 19.8 Å². The normalized spacial score (nSPS) is 22.3. The Morgan fingerprint density at radius 2 is 1.74 bits per heavy atom. The number of anilines is 2. The van der Waals surface area contributed by atoms with Gasteiger partial charge in [0.25, 0.3) is 5.91 Å². The number of hydrogen-bond donors (Lipinski definition) is 1. The summed E-state index contributed by atoms with van der Waals surface area (Å²) in [5.41, 5.74) is 2.53. The Kier molecular flexibility index (Phi) is 10.3. The summed E-state index contributed by atoms with van der Waals surface area (Å²) in [5.74, 6) is 0.175. The van der Waals surface area contributed by atoms with E-state index in [-0.39, 0.29) is 55.3 Å². The number of nitrogens with zero attached hydrogens (tertiary/aromatic N) is 3. The van der Waals surface area contributed by atoms with Gasteiger partial charge in [-0.25, -0.2) is 0 Å². The SMILES string of the molecule is COc1ccc([Si](C)(C)[C@H]2[C@H](CC(=O)N(CCO)Cc3ccccc3)O[C@@]3(C(=O)N(Cc4cccc(N5CCC5=O)c4)c4ccc(Cl)cc43)[C@@H]2C)cc1. The standard InChI is InChI=1S/C42H46ClN3O6Si/c1-28-40(53(3,4)34-16-14-33(51-2)15-17-34)37(25-39(49)44(21-22-47)26-29-9-6-5-7-10-29)52-42(28)35-24-31(43)13-18-36(35)46(41(42)50)27-30-11-8-12-32(23-30)45-20-19-38(45)48/h5-18,23-24,28,37,40,47H,19-22,25-27H2,1-4H3/t28-,37+,40-,42+/m1/s1. The van der Waals surface area contributed by atoms with Crippen LogP contribution in [0.1, 0.15) is 36.5 Å². The summed E-state index contributed by atoms with van der Waals surface area (Å²) in [4.78, 5) is 47.0. The smallest absolute Gasteiger partial charge is 0.264 e. The van der Waals surface area contributed by atoms with Crippen molar-refractivity contribution < 1.29 is 29.0 Å². The van der Waals surface area contributed by atoms with Crippen LogP contribution in [0.15, 0.2) is 97.1 Å². The lowest BCUT2D eigenvalue weighted by Gasteiger charge is -2.37. The molecule has 0 unspecified atom stereocenters. The summed E-state index contributed by atoms with van der Waals surface area (Å²) >= 11 is 6.69. The number of aliphatic hydroxyl groups is 1. The molecule has 0 saturated carbocycles. The van der Waals surface area contributed by atoms with Crippen LogP contribution in [-0.2, 0) is 37.8 Å². The van der Waals surface area contributed by atoms with Gasteiger partial charge in [-0.2, -0.15) is 0 Å². The molecule has 1 N–H and O–H groups in total. The van der Waals surface area contributed by atoms with E-state index in [0.29, 0.717) is 30.1 Å². The monoisotopic (exact) mass is 751 g/mol. The molecule has 3 amide bonds. The van der Waals surface area contributed by atoms with Gasteiger partial charge in [-0.05, 0) is 59.1 Å². The molecule has 0 aromatic heterocycles. The maximum Gasteiger partial charge on any atom is 0.264 e. The molecule has 276 valence electrons. The van der Waals surface area contributed by atoms with Gasteiger partial charge in [-0.3, -0.25) is 14.4 Å². The minimum atomic E-state index is -2.52. The van der Waals surface area contributed by atoms with Gasteiger partial charge >= 0.3 is 0 Å². The third-order valence-corrected chi connectivity index (χ3v) is 16.1. The van der Waals surface area contributed by atoms with Gasteiger partial charge in [0.2, 0.25) is 11.8 Å². The summed E-state index contributed by atoms with van der Waals surface area (Å²) in [5, 5.41) is 11.6. The van der Waals surface area contributed by atoms with Crippen LogP contribution in [0.25, 0.3) is 0 Å². The van der Waals surface area contributed by atoms with Crippen LogP contribution in [0.5, 0.6) is 5.75 Å². The number of carbonyl (C=O) groups is 3. The van der Waals surface area contributed by atoms with Crippen molar-refractivity contribution in [3.63, 3.8) is 0 Å². The van der Waals surface area contributed by atoms with Crippen LogP contribution < -0.4 is 19.7 Å². The Balaban J connectivity index is 1.28. The minimum Gasteiger partial charge on any atom is -0.497 e. The molecule has 11 heteroatoms. The molecule has 3 heterocycles. The first kappa shape index (κ1) is 36.9. The second-order valence-electron chi connectivity index (χ2n) is 14.9. The Morgan fingerprint density at radius 3 is 2.40 bits per heavy atom. The lowest BCUT2D eigenvalue weighted by molar-refractivity contribution is -0.150. The Labute approximate surface area is 317 Å². The fourth-order valence-corrected chi connectivity index (χ4v) is 12.9. The zero-order chi connectivity index (χ0) is 37.5. The van der Waals surface area contributed by atoms with Crippen molar-refractivity contribution in [1.82, 2.24) is 4.90 Å². The average Bonchev–Trinajstić information content (AvgIpc) is 3.57. The first-order chi connectivity index (χ1) is 25.5. The maximum atomic E-state index is 15.2. The highest BCUT2D eigenvalue weighted by molar-refractivity contribution is 6.91. The second-order valence-corrected chi connectivity index (χ2v) is 20.0. The van der Waals surface area contributed by atoms with E-state index in [1.54, 1.807) is 27.9 Å².